The number of nitrogen functional groups attached to an aromatic ring is 1. The molecule has 2 nitrogen and oxygen atoms in total. The van der Waals surface area contributed by atoms with Crippen LogP contribution in [-0.2, 0) is 6.18 Å². The van der Waals surface area contributed by atoms with Gasteiger partial charge < -0.3 is 5.73 Å². The highest BCUT2D eigenvalue weighted by molar-refractivity contribution is 5.41. The molecule has 7 heteroatoms. The lowest BCUT2D eigenvalue weighted by molar-refractivity contribution is -0.141. The number of halogens is 5. The lowest BCUT2D eigenvalue weighted by Crippen LogP contribution is -2.10. The summed E-state index contributed by atoms with van der Waals surface area (Å²) in [5, 5.41) is 0. The molecule has 0 aliphatic carbocycles. The molecule has 1 aromatic rings. The second-order valence-electron chi connectivity index (χ2n) is 2.47. The number of anilines is 1. The third kappa shape index (κ3) is 2.09. The Morgan fingerprint density at radius 1 is 1.21 bits per heavy atom. The molecule has 1 aromatic heterocycles. The van der Waals surface area contributed by atoms with Crippen LogP contribution in [0.2, 0.25) is 0 Å². The van der Waals surface area contributed by atoms with E-state index in [9.17, 15) is 22.0 Å². The molecule has 1 rings (SSSR count). The minimum Gasteiger partial charge on any atom is -0.383 e. The number of aromatic nitrogens is 1. The van der Waals surface area contributed by atoms with E-state index in [0.717, 1.165) is 0 Å². The third-order valence-electron chi connectivity index (χ3n) is 1.48. The Morgan fingerprint density at radius 3 is 2.14 bits per heavy atom. The molecule has 0 amide bonds. The minimum absolute atomic E-state index is 0.470. The second kappa shape index (κ2) is 3.39. The summed E-state index contributed by atoms with van der Waals surface area (Å²) < 4.78 is 60.1. The number of alkyl halides is 5. The summed E-state index contributed by atoms with van der Waals surface area (Å²) >= 11 is 0. The molecule has 0 bridgehead atoms. The van der Waals surface area contributed by atoms with Crippen molar-refractivity contribution in [3.63, 3.8) is 0 Å². The van der Waals surface area contributed by atoms with Crippen LogP contribution in [0.3, 0.4) is 0 Å². The van der Waals surface area contributed by atoms with Crippen molar-refractivity contribution in [3.05, 3.63) is 23.4 Å². The van der Waals surface area contributed by atoms with E-state index in [1.807, 2.05) is 0 Å². The van der Waals surface area contributed by atoms with Gasteiger partial charge in [0, 0.05) is 0 Å². The first-order valence-electron chi connectivity index (χ1n) is 3.44. The highest BCUT2D eigenvalue weighted by Gasteiger charge is 2.33. The number of nitrogens with zero attached hydrogens (tertiary/aromatic N) is 1. The molecule has 0 fully saturated rings. The number of rotatable bonds is 1. The fourth-order valence-corrected chi connectivity index (χ4v) is 0.828. The molecule has 0 unspecified atom stereocenters. The van der Waals surface area contributed by atoms with Gasteiger partial charge >= 0.3 is 6.18 Å². The SMILES string of the molecule is Nc1nc(C(F)(F)F)ccc1C(F)F. The van der Waals surface area contributed by atoms with Crippen molar-refractivity contribution in [2.24, 2.45) is 0 Å². The van der Waals surface area contributed by atoms with Crippen LogP contribution in [0.1, 0.15) is 17.7 Å². The molecule has 0 saturated heterocycles. The molecular weight excluding hydrogens is 207 g/mol. The van der Waals surface area contributed by atoms with Crippen LogP contribution < -0.4 is 5.73 Å². The van der Waals surface area contributed by atoms with Crippen molar-refractivity contribution >= 4 is 5.82 Å². The number of nitrogens with two attached hydrogens (primary N) is 1. The van der Waals surface area contributed by atoms with E-state index in [1.165, 1.54) is 0 Å². The van der Waals surface area contributed by atoms with E-state index in [4.69, 9.17) is 5.73 Å². The number of hydrogen-bond acceptors (Lipinski definition) is 2. The van der Waals surface area contributed by atoms with Crippen LogP contribution >= 0.6 is 0 Å². The van der Waals surface area contributed by atoms with Crippen LogP contribution in [0.15, 0.2) is 12.1 Å². The lowest BCUT2D eigenvalue weighted by Gasteiger charge is -2.08. The zero-order chi connectivity index (χ0) is 10.9. The van der Waals surface area contributed by atoms with Gasteiger partial charge in [-0.25, -0.2) is 13.8 Å². The topological polar surface area (TPSA) is 38.9 Å². The molecule has 1 heterocycles. The summed E-state index contributed by atoms with van der Waals surface area (Å²) in [6, 6.07) is 1.09. The van der Waals surface area contributed by atoms with E-state index in [0.29, 0.717) is 12.1 Å². The second-order valence-corrected chi connectivity index (χ2v) is 2.47. The molecule has 0 atom stereocenters. The van der Waals surface area contributed by atoms with Gasteiger partial charge in [0.15, 0.2) is 0 Å². The smallest absolute Gasteiger partial charge is 0.383 e. The molecule has 0 aliphatic heterocycles. The minimum atomic E-state index is -4.67. The van der Waals surface area contributed by atoms with Crippen LogP contribution in [0.25, 0.3) is 0 Å². The molecule has 0 radical (unpaired) electrons. The van der Waals surface area contributed by atoms with Gasteiger partial charge in [0.25, 0.3) is 6.43 Å². The molecule has 0 saturated carbocycles. The van der Waals surface area contributed by atoms with E-state index in [1.54, 1.807) is 0 Å². The Labute approximate surface area is 75.5 Å². The summed E-state index contributed by atoms with van der Waals surface area (Å²) in [6.45, 7) is 0. The van der Waals surface area contributed by atoms with Gasteiger partial charge in [-0.1, -0.05) is 0 Å². The Bertz CT molecular complexity index is 333. The molecule has 14 heavy (non-hydrogen) atoms. The third-order valence-corrected chi connectivity index (χ3v) is 1.48. The van der Waals surface area contributed by atoms with Crippen LogP contribution in [0.5, 0.6) is 0 Å². The molecular formula is C7H5F5N2. The quantitative estimate of drug-likeness (QED) is 0.726. The number of pyridine rings is 1. The summed E-state index contributed by atoms with van der Waals surface area (Å²) in [4.78, 5) is 2.84. The Kier molecular flexibility index (Phi) is 2.59. The fraction of sp³-hybridized carbons (Fsp3) is 0.286. The summed E-state index contributed by atoms with van der Waals surface area (Å²) in [6.07, 6.45) is -7.60. The highest BCUT2D eigenvalue weighted by atomic mass is 19.4. The Balaban J connectivity index is 3.13. The van der Waals surface area contributed by atoms with Crippen LogP contribution in [0, 0.1) is 0 Å². The maximum atomic E-state index is 12.1. The van der Waals surface area contributed by atoms with E-state index in [-0.39, 0.29) is 0 Å². The summed E-state index contributed by atoms with van der Waals surface area (Å²) in [5.41, 5.74) is 2.95. The lowest BCUT2D eigenvalue weighted by atomic mass is 10.2. The van der Waals surface area contributed by atoms with E-state index < -0.39 is 29.7 Å². The largest absolute Gasteiger partial charge is 0.433 e. The first-order chi connectivity index (χ1) is 6.32. The molecule has 78 valence electrons. The van der Waals surface area contributed by atoms with E-state index in [2.05, 4.69) is 4.98 Å². The molecule has 0 aromatic carbocycles. The zero-order valence-electron chi connectivity index (χ0n) is 6.65. The van der Waals surface area contributed by atoms with Crippen molar-refractivity contribution in [2.75, 3.05) is 5.73 Å². The fourth-order valence-electron chi connectivity index (χ4n) is 0.828. The van der Waals surface area contributed by atoms with Gasteiger partial charge in [-0.2, -0.15) is 13.2 Å². The van der Waals surface area contributed by atoms with Gasteiger partial charge in [0.2, 0.25) is 0 Å². The standard InChI is InChI=1S/C7H5F5N2/c8-5(9)3-1-2-4(7(10,11)12)14-6(3)13/h1-2,5H,(H2,13,14). The van der Waals surface area contributed by atoms with Crippen molar-refractivity contribution in [1.29, 1.82) is 0 Å². The summed E-state index contributed by atoms with van der Waals surface area (Å²) in [7, 11) is 0. The maximum Gasteiger partial charge on any atom is 0.433 e. The monoisotopic (exact) mass is 212 g/mol. The van der Waals surface area contributed by atoms with Gasteiger partial charge in [-0.05, 0) is 12.1 Å². The van der Waals surface area contributed by atoms with Gasteiger partial charge in [-0.3, -0.25) is 0 Å². The van der Waals surface area contributed by atoms with Crippen molar-refractivity contribution < 1.29 is 22.0 Å². The highest BCUT2D eigenvalue weighted by Crippen LogP contribution is 2.31. The van der Waals surface area contributed by atoms with Crippen LogP contribution in [0.4, 0.5) is 27.8 Å². The van der Waals surface area contributed by atoms with Crippen molar-refractivity contribution in [1.82, 2.24) is 4.98 Å². The molecule has 0 spiro atoms. The van der Waals surface area contributed by atoms with E-state index >= 15 is 0 Å². The van der Waals surface area contributed by atoms with Gasteiger partial charge in [0.1, 0.15) is 11.5 Å². The van der Waals surface area contributed by atoms with Crippen molar-refractivity contribution in [2.45, 2.75) is 12.6 Å². The van der Waals surface area contributed by atoms with Crippen LogP contribution in [-0.4, -0.2) is 4.98 Å². The summed E-state index contributed by atoms with van der Waals surface area (Å²) in [5.74, 6) is -0.796. The van der Waals surface area contributed by atoms with Gasteiger partial charge in [0.05, 0.1) is 5.56 Å². The Morgan fingerprint density at radius 2 is 1.79 bits per heavy atom. The molecule has 2 N–H and O–H groups in total. The molecule has 0 aliphatic rings. The van der Waals surface area contributed by atoms with Crippen molar-refractivity contribution in [3.8, 4) is 0 Å². The average molecular weight is 212 g/mol. The zero-order valence-corrected chi connectivity index (χ0v) is 6.65. The predicted octanol–water partition coefficient (Wildman–Crippen LogP) is 2.62. The first kappa shape index (κ1) is 10.7. The Hall–Kier alpha value is -1.40. The number of hydrogen-bond donors (Lipinski definition) is 1. The first-order valence-corrected chi connectivity index (χ1v) is 3.44. The normalized spacial score (nSPS) is 12.1. The predicted molar refractivity (Wildman–Crippen MR) is 38.6 cm³/mol. The maximum absolute atomic E-state index is 12.1. The van der Waals surface area contributed by atoms with Gasteiger partial charge in [-0.15, -0.1) is 0 Å². The average Bonchev–Trinajstić information content (AvgIpc) is 2.01.